The number of hydrogen-bond donors (Lipinski definition) is 1. The predicted octanol–water partition coefficient (Wildman–Crippen LogP) is 2.37. The minimum absolute atomic E-state index is 0.173. The molecular formula is C10H11N3O. The van der Waals surface area contributed by atoms with Crippen molar-refractivity contribution in [2.45, 2.75) is 6.04 Å². The Bertz CT molecular complexity index is 342. The minimum Gasteiger partial charge on any atom is -0.396 e. The molecule has 0 heterocycles. The van der Waals surface area contributed by atoms with Crippen LogP contribution in [0.1, 0.15) is 5.56 Å². The largest absolute Gasteiger partial charge is 0.396 e. The van der Waals surface area contributed by atoms with Crippen LogP contribution in [0.2, 0.25) is 0 Å². The van der Waals surface area contributed by atoms with E-state index in [1.165, 1.54) is 0 Å². The average molecular weight is 189 g/mol. The molecule has 4 heteroatoms. The molecule has 1 rings (SSSR count). The molecule has 14 heavy (non-hydrogen) atoms. The molecule has 0 spiro atoms. The summed E-state index contributed by atoms with van der Waals surface area (Å²) in [6.45, 7) is -0.173. The van der Waals surface area contributed by atoms with E-state index in [1.807, 2.05) is 36.4 Å². The van der Waals surface area contributed by atoms with E-state index in [4.69, 9.17) is 10.6 Å². The Morgan fingerprint density at radius 2 is 2.14 bits per heavy atom. The monoisotopic (exact) mass is 189 g/mol. The highest BCUT2D eigenvalue weighted by Crippen LogP contribution is 2.03. The lowest BCUT2D eigenvalue weighted by Gasteiger charge is -1.98. The maximum Gasteiger partial charge on any atom is 0.0789 e. The quantitative estimate of drug-likeness (QED) is 0.441. The number of hydrogen-bond acceptors (Lipinski definition) is 2. The van der Waals surface area contributed by atoms with Gasteiger partial charge in [-0.05, 0) is 11.1 Å². The van der Waals surface area contributed by atoms with Crippen LogP contribution in [-0.4, -0.2) is 17.8 Å². The van der Waals surface area contributed by atoms with Gasteiger partial charge in [0.05, 0.1) is 12.6 Å². The zero-order valence-electron chi connectivity index (χ0n) is 7.61. The molecule has 0 fully saturated rings. The van der Waals surface area contributed by atoms with Crippen LogP contribution in [0.5, 0.6) is 0 Å². The number of azide groups is 1. The van der Waals surface area contributed by atoms with E-state index in [0.29, 0.717) is 0 Å². The minimum atomic E-state index is -0.486. The summed E-state index contributed by atoms with van der Waals surface area (Å²) in [5, 5.41) is 12.2. The number of benzene rings is 1. The van der Waals surface area contributed by atoms with Crippen LogP contribution in [0.25, 0.3) is 16.5 Å². The Balaban J connectivity index is 2.67. The molecule has 1 N–H and O–H groups in total. The third-order valence-corrected chi connectivity index (χ3v) is 1.70. The average Bonchev–Trinajstić information content (AvgIpc) is 2.25. The molecule has 0 radical (unpaired) electrons. The highest BCUT2D eigenvalue weighted by Gasteiger charge is 1.96. The first-order valence-electron chi connectivity index (χ1n) is 4.25. The molecule has 0 amide bonds. The molecule has 4 nitrogen and oxygen atoms in total. The van der Waals surface area contributed by atoms with Gasteiger partial charge >= 0.3 is 0 Å². The molecule has 0 bridgehead atoms. The molecule has 0 aromatic heterocycles. The van der Waals surface area contributed by atoms with E-state index in [0.717, 1.165) is 5.56 Å². The van der Waals surface area contributed by atoms with Crippen LogP contribution < -0.4 is 0 Å². The third kappa shape index (κ3) is 3.31. The number of aliphatic hydroxyl groups is 1. The zero-order chi connectivity index (χ0) is 10.2. The Morgan fingerprint density at radius 1 is 1.43 bits per heavy atom. The maximum absolute atomic E-state index is 8.82. The van der Waals surface area contributed by atoms with Crippen LogP contribution in [0, 0.1) is 0 Å². The normalized spacial score (nSPS) is 12.4. The van der Waals surface area contributed by atoms with Crippen molar-refractivity contribution in [1.29, 1.82) is 0 Å². The first-order valence-corrected chi connectivity index (χ1v) is 4.25. The van der Waals surface area contributed by atoms with Crippen molar-refractivity contribution in [2.24, 2.45) is 5.11 Å². The first-order chi connectivity index (χ1) is 6.86. The molecule has 1 aromatic carbocycles. The van der Waals surface area contributed by atoms with E-state index in [9.17, 15) is 0 Å². The predicted molar refractivity (Wildman–Crippen MR) is 55.5 cm³/mol. The van der Waals surface area contributed by atoms with E-state index in [-0.39, 0.29) is 6.61 Å². The summed E-state index contributed by atoms with van der Waals surface area (Å²) in [5.74, 6) is 0. The summed E-state index contributed by atoms with van der Waals surface area (Å²) >= 11 is 0. The van der Waals surface area contributed by atoms with Gasteiger partial charge in [0.15, 0.2) is 0 Å². The summed E-state index contributed by atoms with van der Waals surface area (Å²) in [7, 11) is 0. The van der Waals surface area contributed by atoms with Gasteiger partial charge in [-0.2, -0.15) is 0 Å². The van der Waals surface area contributed by atoms with Gasteiger partial charge < -0.3 is 5.11 Å². The SMILES string of the molecule is [N-]=[N+]=NC(C=Cc1ccccc1)CO. The second-order valence-corrected chi connectivity index (χ2v) is 2.72. The van der Waals surface area contributed by atoms with E-state index >= 15 is 0 Å². The Hall–Kier alpha value is -1.77. The van der Waals surface area contributed by atoms with Crippen molar-refractivity contribution in [3.05, 3.63) is 52.4 Å². The second kappa shape index (κ2) is 5.80. The topological polar surface area (TPSA) is 69.0 Å². The van der Waals surface area contributed by atoms with Gasteiger partial charge in [0.25, 0.3) is 0 Å². The smallest absolute Gasteiger partial charge is 0.0789 e. The van der Waals surface area contributed by atoms with Gasteiger partial charge in [-0.25, -0.2) is 0 Å². The third-order valence-electron chi connectivity index (χ3n) is 1.70. The fraction of sp³-hybridized carbons (Fsp3) is 0.200. The maximum atomic E-state index is 8.82. The Labute approximate surface area is 82.1 Å². The molecule has 0 saturated heterocycles. The van der Waals surface area contributed by atoms with E-state index in [1.54, 1.807) is 6.08 Å². The molecule has 72 valence electrons. The lowest BCUT2D eigenvalue weighted by molar-refractivity contribution is 0.284. The van der Waals surface area contributed by atoms with Crippen LogP contribution in [0.15, 0.2) is 41.5 Å². The van der Waals surface area contributed by atoms with Gasteiger partial charge in [-0.15, -0.1) is 0 Å². The summed E-state index contributed by atoms with van der Waals surface area (Å²) in [6, 6.07) is 9.14. The lowest BCUT2D eigenvalue weighted by atomic mass is 10.2. The van der Waals surface area contributed by atoms with Crippen molar-refractivity contribution < 1.29 is 5.11 Å². The highest BCUT2D eigenvalue weighted by atomic mass is 16.3. The molecular weight excluding hydrogens is 178 g/mol. The van der Waals surface area contributed by atoms with Crippen LogP contribution in [0.4, 0.5) is 0 Å². The van der Waals surface area contributed by atoms with Gasteiger partial charge in [0, 0.05) is 4.91 Å². The first kappa shape index (κ1) is 10.3. The van der Waals surface area contributed by atoms with Crippen molar-refractivity contribution in [2.75, 3.05) is 6.61 Å². The van der Waals surface area contributed by atoms with Gasteiger partial charge in [0.2, 0.25) is 0 Å². The lowest BCUT2D eigenvalue weighted by Crippen LogP contribution is -2.03. The standard InChI is InChI=1S/C10H11N3O/c11-13-12-10(8-14)7-6-9-4-2-1-3-5-9/h1-7,10,14H,8H2. The van der Waals surface area contributed by atoms with Crippen LogP contribution in [0.3, 0.4) is 0 Å². The molecule has 1 unspecified atom stereocenters. The molecule has 1 aromatic rings. The molecule has 1 atom stereocenters. The Kier molecular flexibility index (Phi) is 4.27. The van der Waals surface area contributed by atoms with Crippen LogP contribution >= 0.6 is 0 Å². The van der Waals surface area contributed by atoms with Gasteiger partial charge in [0.1, 0.15) is 0 Å². The Morgan fingerprint density at radius 3 is 2.71 bits per heavy atom. The van der Waals surface area contributed by atoms with Gasteiger partial charge in [-0.1, -0.05) is 47.6 Å². The molecule has 0 aliphatic carbocycles. The second-order valence-electron chi connectivity index (χ2n) is 2.72. The molecule has 0 saturated carbocycles. The molecule has 0 aliphatic heterocycles. The molecule has 0 aliphatic rings. The number of aliphatic hydroxyl groups excluding tert-OH is 1. The summed E-state index contributed by atoms with van der Waals surface area (Å²) in [4.78, 5) is 2.63. The van der Waals surface area contributed by atoms with Crippen molar-refractivity contribution in [3.63, 3.8) is 0 Å². The summed E-state index contributed by atoms with van der Waals surface area (Å²) < 4.78 is 0. The zero-order valence-corrected chi connectivity index (χ0v) is 7.61. The van der Waals surface area contributed by atoms with Crippen molar-refractivity contribution in [1.82, 2.24) is 0 Å². The number of nitrogens with zero attached hydrogens (tertiary/aromatic N) is 3. The van der Waals surface area contributed by atoms with Crippen molar-refractivity contribution in [3.8, 4) is 0 Å². The van der Waals surface area contributed by atoms with Gasteiger partial charge in [-0.3, -0.25) is 0 Å². The highest BCUT2D eigenvalue weighted by molar-refractivity contribution is 5.49. The summed E-state index contributed by atoms with van der Waals surface area (Å²) in [5.41, 5.74) is 9.19. The van der Waals surface area contributed by atoms with E-state index in [2.05, 4.69) is 10.0 Å². The number of rotatable bonds is 4. The van der Waals surface area contributed by atoms with Crippen LogP contribution in [-0.2, 0) is 0 Å². The van der Waals surface area contributed by atoms with Crippen molar-refractivity contribution >= 4 is 6.08 Å². The fourth-order valence-corrected chi connectivity index (χ4v) is 0.989. The fourth-order valence-electron chi connectivity index (χ4n) is 0.989. The van der Waals surface area contributed by atoms with E-state index < -0.39 is 6.04 Å². The summed E-state index contributed by atoms with van der Waals surface area (Å²) in [6.07, 6.45) is 3.49.